The highest BCUT2D eigenvalue weighted by Crippen LogP contribution is 2.05. The van der Waals surface area contributed by atoms with Crippen molar-refractivity contribution in [3.63, 3.8) is 0 Å². The van der Waals surface area contributed by atoms with E-state index in [1.54, 1.807) is 6.92 Å². The van der Waals surface area contributed by atoms with E-state index in [-0.39, 0.29) is 5.78 Å². The Morgan fingerprint density at radius 2 is 2.30 bits per heavy atom. The minimum Gasteiger partial charge on any atom is -0.288 e. The monoisotopic (exact) mass is 138 g/mol. The van der Waals surface area contributed by atoms with E-state index in [1.165, 1.54) is 0 Å². The topological polar surface area (TPSA) is 20.1 Å². The Morgan fingerprint density at radius 1 is 1.60 bits per heavy atom. The summed E-state index contributed by atoms with van der Waals surface area (Å²) in [6, 6.07) is 0. The second-order valence-electron chi connectivity index (χ2n) is 2.52. The fourth-order valence-corrected chi connectivity index (χ4v) is 1.12. The smallest absolute Gasteiger partial charge is 0.243 e. The Hall–Kier alpha value is -0.920. The lowest BCUT2D eigenvalue weighted by molar-refractivity contribution is -0.435. The van der Waals surface area contributed by atoms with Gasteiger partial charge in [-0.2, -0.15) is 0 Å². The molecule has 0 spiro atoms. The summed E-state index contributed by atoms with van der Waals surface area (Å²) in [5.74, 6) is 0.151. The van der Waals surface area contributed by atoms with E-state index in [9.17, 15) is 4.79 Å². The van der Waals surface area contributed by atoms with Gasteiger partial charge in [0.1, 0.15) is 13.3 Å². The van der Waals surface area contributed by atoms with Gasteiger partial charge in [0.25, 0.3) is 0 Å². The summed E-state index contributed by atoms with van der Waals surface area (Å²) in [7, 11) is 1.91. The third-order valence-electron chi connectivity index (χ3n) is 1.65. The zero-order valence-electron chi connectivity index (χ0n) is 6.42. The fourth-order valence-electron chi connectivity index (χ4n) is 1.12. The van der Waals surface area contributed by atoms with Crippen LogP contribution in [0.5, 0.6) is 0 Å². The highest BCUT2D eigenvalue weighted by molar-refractivity contribution is 5.91. The van der Waals surface area contributed by atoms with Crippen molar-refractivity contribution in [1.82, 2.24) is 0 Å². The Morgan fingerprint density at radius 3 is 2.70 bits per heavy atom. The molecule has 0 saturated heterocycles. The van der Waals surface area contributed by atoms with Crippen LogP contribution in [-0.4, -0.2) is 23.6 Å². The molecule has 0 aromatic heterocycles. The number of hydrogen-bond donors (Lipinski definition) is 0. The molecule has 1 aliphatic rings. The van der Waals surface area contributed by atoms with Crippen molar-refractivity contribution in [2.45, 2.75) is 19.8 Å². The Bertz CT molecular complexity index is 213. The second kappa shape index (κ2) is 2.78. The first-order valence-corrected chi connectivity index (χ1v) is 3.49. The maximum atomic E-state index is 10.9. The summed E-state index contributed by atoms with van der Waals surface area (Å²) in [5.41, 5.74) is 0.825. The molecule has 0 unspecified atom stereocenters. The van der Waals surface area contributed by atoms with Crippen molar-refractivity contribution in [2.24, 2.45) is 0 Å². The van der Waals surface area contributed by atoms with Crippen molar-refractivity contribution in [3.05, 3.63) is 11.8 Å². The van der Waals surface area contributed by atoms with Crippen LogP contribution in [0.1, 0.15) is 19.8 Å². The molecule has 10 heavy (non-hydrogen) atoms. The molecule has 1 rings (SSSR count). The minimum atomic E-state index is 0.151. The van der Waals surface area contributed by atoms with Crippen LogP contribution in [0.4, 0.5) is 0 Å². The van der Waals surface area contributed by atoms with Crippen LogP contribution in [0, 0.1) is 0 Å². The summed E-state index contributed by atoms with van der Waals surface area (Å²) in [6.07, 6.45) is 6.07. The minimum absolute atomic E-state index is 0.151. The van der Waals surface area contributed by atoms with Crippen LogP contribution in [0.3, 0.4) is 0 Å². The van der Waals surface area contributed by atoms with Gasteiger partial charge in [-0.25, -0.2) is 4.58 Å². The van der Waals surface area contributed by atoms with Crippen LogP contribution in [-0.2, 0) is 4.79 Å². The van der Waals surface area contributed by atoms with E-state index >= 15 is 0 Å². The normalized spacial score (nSPS) is 17.8. The molecular formula is C8H12NO+. The molecule has 2 nitrogen and oxygen atoms in total. The summed E-state index contributed by atoms with van der Waals surface area (Å²) >= 11 is 0. The Labute approximate surface area is 60.9 Å². The van der Waals surface area contributed by atoms with E-state index in [4.69, 9.17) is 0 Å². The molecule has 0 aliphatic carbocycles. The second-order valence-corrected chi connectivity index (χ2v) is 2.52. The number of carbonyl (C=O) groups excluding carboxylic acids is 1. The number of allylic oxidation sites excluding steroid dienone is 2. The quantitative estimate of drug-likeness (QED) is 0.494. The van der Waals surface area contributed by atoms with E-state index in [1.807, 2.05) is 23.9 Å². The van der Waals surface area contributed by atoms with Gasteiger partial charge in [-0.15, -0.1) is 0 Å². The predicted molar refractivity (Wildman–Crippen MR) is 40.2 cm³/mol. The molecular weight excluding hydrogens is 126 g/mol. The average molecular weight is 138 g/mol. The maximum absolute atomic E-state index is 10.9. The molecule has 0 saturated carbocycles. The van der Waals surface area contributed by atoms with Crippen LogP contribution < -0.4 is 0 Å². The lowest BCUT2D eigenvalue weighted by Crippen LogP contribution is -2.16. The van der Waals surface area contributed by atoms with Crippen molar-refractivity contribution >= 4 is 12.0 Å². The standard InChI is InChI=1S/C8H12NO/c1-7(10)8-5-3-4-6-9(8)2/h5-6H,3-4H2,1-2H3/q+1. The molecule has 0 aromatic carbocycles. The van der Waals surface area contributed by atoms with E-state index in [2.05, 4.69) is 0 Å². The van der Waals surface area contributed by atoms with E-state index in [0.29, 0.717) is 0 Å². The van der Waals surface area contributed by atoms with Gasteiger partial charge in [-0.1, -0.05) is 0 Å². The van der Waals surface area contributed by atoms with Crippen molar-refractivity contribution < 1.29 is 9.37 Å². The van der Waals surface area contributed by atoms with Crippen LogP contribution in [0.2, 0.25) is 0 Å². The van der Waals surface area contributed by atoms with Gasteiger partial charge in [-0.3, -0.25) is 4.79 Å². The largest absolute Gasteiger partial charge is 0.288 e. The first-order chi connectivity index (χ1) is 4.72. The summed E-state index contributed by atoms with van der Waals surface area (Å²) in [4.78, 5) is 10.9. The number of ketones is 1. The van der Waals surface area contributed by atoms with Crippen LogP contribution in [0.15, 0.2) is 11.8 Å². The molecule has 2 heteroatoms. The molecule has 54 valence electrons. The summed E-state index contributed by atoms with van der Waals surface area (Å²) < 4.78 is 1.89. The molecule has 0 fully saturated rings. The van der Waals surface area contributed by atoms with E-state index < -0.39 is 0 Å². The number of Topliss-reactive ketones (excluding diaryl/α,β-unsaturated/α-hetero) is 1. The zero-order chi connectivity index (χ0) is 7.56. The highest BCUT2D eigenvalue weighted by atomic mass is 16.1. The number of carbonyl (C=O) groups is 1. The van der Waals surface area contributed by atoms with Gasteiger partial charge in [0, 0.05) is 13.3 Å². The van der Waals surface area contributed by atoms with Gasteiger partial charge in [-0.05, 0) is 12.5 Å². The first-order valence-electron chi connectivity index (χ1n) is 3.49. The lowest BCUT2D eigenvalue weighted by Gasteiger charge is -2.01. The Kier molecular flexibility index (Phi) is 2.00. The van der Waals surface area contributed by atoms with Crippen LogP contribution in [0.25, 0.3) is 0 Å². The molecule has 0 atom stereocenters. The lowest BCUT2D eigenvalue weighted by atomic mass is 10.2. The maximum Gasteiger partial charge on any atom is 0.243 e. The number of likely N-dealkylation sites (N-methyl/N-ethyl adjacent to an activating group) is 1. The third kappa shape index (κ3) is 1.32. The molecule has 0 bridgehead atoms. The molecule has 0 radical (unpaired) electrons. The van der Waals surface area contributed by atoms with Crippen molar-refractivity contribution in [1.29, 1.82) is 0 Å². The number of hydrogen-bond acceptors (Lipinski definition) is 1. The average Bonchev–Trinajstić information content (AvgIpc) is 1.88. The molecule has 1 aliphatic heterocycles. The first kappa shape index (κ1) is 7.19. The molecule has 1 heterocycles. The molecule has 0 amide bonds. The van der Waals surface area contributed by atoms with Crippen molar-refractivity contribution in [3.8, 4) is 0 Å². The van der Waals surface area contributed by atoms with Gasteiger partial charge in [0.15, 0.2) is 0 Å². The predicted octanol–water partition coefficient (Wildman–Crippen LogP) is 0.966. The number of rotatable bonds is 1. The number of nitrogens with zero attached hydrogens (tertiary/aromatic N) is 1. The summed E-state index contributed by atoms with van der Waals surface area (Å²) in [6.45, 7) is 1.60. The van der Waals surface area contributed by atoms with Gasteiger partial charge < -0.3 is 0 Å². The van der Waals surface area contributed by atoms with Gasteiger partial charge in [0.05, 0.1) is 0 Å². The molecule has 0 aromatic rings. The van der Waals surface area contributed by atoms with Crippen molar-refractivity contribution in [2.75, 3.05) is 7.05 Å². The fraction of sp³-hybridized carbons (Fsp3) is 0.500. The Balaban J connectivity index is 2.84. The van der Waals surface area contributed by atoms with Gasteiger partial charge in [0.2, 0.25) is 11.5 Å². The molecule has 0 N–H and O–H groups in total. The van der Waals surface area contributed by atoms with Crippen LogP contribution >= 0.6 is 0 Å². The van der Waals surface area contributed by atoms with Gasteiger partial charge >= 0.3 is 0 Å². The third-order valence-corrected chi connectivity index (χ3v) is 1.65. The SMILES string of the molecule is CC(=O)C1=CCCC=[N+]1C. The van der Waals surface area contributed by atoms with E-state index in [0.717, 1.165) is 18.5 Å². The zero-order valence-corrected chi connectivity index (χ0v) is 6.42. The highest BCUT2D eigenvalue weighted by Gasteiger charge is 2.15. The summed E-state index contributed by atoms with van der Waals surface area (Å²) in [5, 5.41) is 0.